The van der Waals surface area contributed by atoms with Gasteiger partial charge in [-0.05, 0) is 16.3 Å². The molecule has 20 heavy (non-hydrogen) atoms. The lowest BCUT2D eigenvalue weighted by Gasteiger charge is -1.99. The maximum absolute atomic E-state index is 11.3. The number of benzene rings is 1. The van der Waals surface area contributed by atoms with Crippen LogP contribution in [0.15, 0.2) is 46.8 Å². The molecular weight excluding hydrogens is 296 g/mol. The van der Waals surface area contributed by atoms with Gasteiger partial charge in [0, 0.05) is 18.6 Å². The van der Waals surface area contributed by atoms with Gasteiger partial charge in [-0.2, -0.15) is 12.8 Å². The fraction of sp³-hybridized carbons (Fsp3) is 0.0769. The van der Waals surface area contributed by atoms with Gasteiger partial charge in [-0.3, -0.25) is 4.55 Å². The van der Waals surface area contributed by atoms with E-state index in [1.54, 1.807) is 4.40 Å². The molecule has 2 aromatic heterocycles. The van der Waals surface area contributed by atoms with Gasteiger partial charge in [-0.25, -0.2) is 0 Å². The zero-order chi connectivity index (χ0) is 14.3. The van der Waals surface area contributed by atoms with Gasteiger partial charge in [0.05, 0.1) is 0 Å². The lowest BCUT2D eigenvalue weighted by molar-refractivity contribution is -0.499. The van der Waals surface area contributed by atoms with Crippen LogP contribution in [0.3, 0.4) is 0 Å². The Morgan fingerprint density at radius 3 is 2.60 bits per heavy atom. The van der Waals surface area contributed by atoms with E-state index >= 15 is 0 Å². The lowest BCUT2D eigenvalue weighted by Crippen LogP contribution is -2.23. The molecule has 0 atom stereocenters. The molecule has 0 spiro atoms. The van der Waals surface area contributed by atoms with Crippen molar-refractivity contribution in [3.63, 3.8) is 0 Å². The van der Waals surface area contributed by atoms with Gasteiger partial charge in [-0.1, -0.05) is 30.3 Å². The van der Waals surface area contributed by atoms with Crippen molar-refractivity contribution in [1.82, 2.24) is 4.98 Å². The number of hydrogen-bond acceptors (Lipinski definition) is 4. The van der Waals surface area contributed by atoms with Gasteiger partial charge < -0.3 is 0 Å². The molecule has 0 radical (unpaired) electrons. The molecule has 102 valence electrons. The maximum atomic E-state index is 11.3. The van der Waals surface area contributed by atoms with Gasteiger partial charge in [0.1, 0.15) is 11.9 Å². The highest BCUT2D eigenvalue weighted by Crippen LogP contribution is 2.22. The van der Waals surface area contributed by atoms with Crippen LogP contribution in [0.25, 0.3) is 16.2 Å². The first-order chi connectivity index (χ1) is 9.45. The maximum Gasteiger partial charge on any atom is 0.388 e. The third-order valence-electron chi connectivity index (χ3n) is 2.83. The summed E-state index contributed by atoms with van der Waals surface area (Å²) in [6.45, 7) is 1.85. The summed E-state index contributed by atoms with van der Waals surface area (Å²) in [4.78, 5) is 4.83. The highest BCUT2D eigenvalue weighted by Gasteiger charge is 2.23. The van der Waals surface area contributed by atoms with Crippen molar-refractivity contribution in [1.29, 1.82) is 0 Å². The first-order valence-corrected chi connectivity index (χ1v) is 8.06. The molecule has 0 saturated heterocycles. The monoisotopic (exact) mass is 307 g/mol. The van der Waals surface area contributed by atoms with Crippen LogP contribution in [0.1, 0.15) is 5.69 Å². The molecule has 0 saturated carbocycles. The van der Waals surface area contributed by atoms with E-state index < -0.39 is 10.1 Å². The van der Waals surface area contributed by atoms with Crippen molar-refractivity contribution in [2.24, 2.45) is 0 Å². The zero-order valence-corrected chi connectivity index (χ0v) is 12.1. The summed E-state index contributed by atoms with van der Waals surface area (Å²) in [5.41, 5.74) is 2.57. The minimum Gasteiger partial charge on any atom is -0.281 e. The average molecular weight is 307 g/mol. The number of aromatic nitrogens is 2. The largest absolute Gasteiger partial charge is 0.388 e. The zero-order valence-electron chi connectivity index (χ0n) is 10.5. The second-order valence-corrected chi connectivity index (χ2v) is 6.98. The second kappa shape index (κ2) is 4.62. The predicted octanol–water partition coefficient (Wildman–Crippen LogP) is 2.10. The van der Waals surface area contributed by atoms with Crippen LogP contribution in [-0.2, 0) is 10.1 Å². The number of rotatable bonds is 2. The number of fused-ring (bicyclic) bond motifs is 1. The van der Waals surface area contributed by atoms with Gasteiger partial charge >= 0.3 is 15.1 Å². The SMILES string of the molecule is Cc1cc(-c2ccccc2)[n+]2cc(S(=O)(=O)O)sc2n1. The van der Waals surface area contributed by atoms with E-state index in [1.807, 2.05) is 43.3 Å². The number of nitrogens with zero attached hydrogens (tertiary/aromatic N) is 2. The van der Waals surface area contributed by atoms with Gasteiger partial charge in [0.2, 0.25) is 0 Å². The minimum absolute atomic E-state index is 0.118. The number of hydrogen-bond donors (Lipinski definition) is 1. The van der Waals surface area contributed by atoms with Crippen molar-refractivity contribution < 1.29 is 17.4 Å². The van der Waals surface area contributed by atoms with E-state index in [0.29, 0.717) is 4.96 Å². The van der Waals surface area contributed by atoms with Crippen molar-refractivity contribution in [3.8, 4) is 11.3 Å². The third-order valence-corrected chi connectivity index (χ3v) is 5.11. The van der Waals surface area contributed by atoms with Crippen molar-refractivity contribution in [2.75, 3.05) is 0 Å². The first-order valence-electron chi connectivity index (χ1n) is 5.81. The second-order valence-electron chi connectivity index (χ2n) is 4.33. The fourth-order valence-electron chi connectivity index (χ4n) is 1.98. The summed E-state index contributed by atoms with van der Waals surface area (Å²) in [7, 11) is -4.22. The van der Waals surface area contributed by atoms with E-state index in [9.17, 15) is 8.42 Å². The standard InChI is InChI=1S/C13H10N2O3S2/c1-9-7-11(10-5-3-2-4-6-10)15-8-12(20(16,17)18)19-13(15)14-9/h2-8H,1H3/p+1. The van der Waals surface area contributed by atoms with Gasteiger partial charge in [-0.15, -0.1) is 0 Å². The van der Waals surface area contributed by atoms with Crippen LogP contribution in [0, 0.1) is 6.92 Å². The lowest BCUT2D eigenvalue weighted by atomic mass is 10.1. The molecule has 3 rings (SSSR count). The highest BCUT2D eigenvalue weighted by atomic mass is 32.3. The molecule has 0 amide bonds. The summed E-state index contributed by atoms with van der Waals surface area (Å²) in [6.07, 6.45) is 1.39. The van der Waals surface area contributed by atoms with Crippen LogP contribution in [-0.4, -0.2) is 18.0 Å². The van der Waals surface area contributed by atoms with E-state index in [-0.39, 0.29) is 4.21 Å². The molecule has 0 aliphatic rings. The molecule has 5 nitrogen and oxygen atoms in total. The summed E-state index contributed by atoms with van der Waals surface area (Å²) in [5.74, 6) is 0. The average Bonchev–Trinajstić information content (AvgIpc) is 2.82. The molecular formula is C13H11N2O3S2+. The Kier molecular flexibility index (Phi) is 3.04. The molecule has 0 aliphatic heterocycles. The Labute approximate surface area is 119 Å². The number of aryl methyl sites for hydroxylation is 1. The molecule has 0 bridgehead atoms. The summed E-state index contributed by atoms with van der Waals surface area (Å²) < 4.78 is 33.2. The Balaban J connectivity index is 2.35. The number of thiazole rings is 1. The predicted molar refractivity (Wildman–Crippen MR) is 75.3 cm³/mol. The smallest absolute Gasteiger partial charge is 0.281 e. The quantitative estimate of drug-likeness (QED) is 0.581. The van der Waals surface area contributed by atoms with E-state index in [0.717, 1.165) is 28.3 Å². The Hall–Kier alpha value is -1.83. The first kappa shape index (κ1) is 13.2. The Bertz CT molecular complexity index is 887. The van der Waals surface area contributed by atoms with Crippen LogP contribution < -0.4 is 4.40 Å². The molecule has 0 fully saturated rings. The van der Waals surface area contributed by atoms with E-state index in [4.69, 9.17) is 4.55 Å². The van der Waals surface area contributed by atoms with Crippen LogP contribution in [0.5, 0.6) is 0 Å². The molecule has 2 heterocycles. The molecule has 1 N–H and O–H groups in total. The molecule has 0 aliphatic carbocycles. The Morgan fingerprint density at radius 2 is 1.95 bits per heavy atom. The minimum atomic E-state index is -4.22. The topological polar surface area (TPSA) is 71.4 Å². The third kappa shape index (κ3) is 2.31. The van der Waals surface area contributed by atoms with E-state index in [1.165, 1.54) is 6.20 Å². The highest BCUT2D eigenvalue weighted by molar-refractivity contribution is 7.88. The summed E-state index contributed by atoms with van der Waals surface area (Å²) in [6, 6.07) is 11.5. The molecule has 0 unspecified atom stereocenters. The van der Waals surface area contributed by atoms with Crippen LogP contribution >= 0.6 is 11.3 Å². The van der Waals surface area contributed by atoms with Crippen LogP contribution in [0.2, 0.25) is 0 Å². The van der Waals surface area contributed by atoms with Crippen molar-refractivity contribution in [2.45, 2.75) is 11.1 Å². The van der Waals surface area contributed by atoms with Crippen LogP contribution in [0.4, 0.5) is 0 Å². The van der Waals surface area contributed by atoms with Crippen molar-refractivity contribution in [3.05, 3.63) is 48.3 Å². The fourth-order valence-corrected chi connectivity index (χ4v) is 3.64. The van der Waals surface area contributed by atoms with Gasteiger partial charge in [0.15, 0.2) is 9.90 Å². The molecule has 1 aromatic carbocycles. The summed E-state index contributed by atoms with van der Waals surface area (Å²) in [5, 5.41) is 0. The summed E-state index contributed by atoms with van der Waals surface area (Å²) >= 11 is 0.941. The van der Waals surface area contributed by atoms with Crippen molar-refractivity contribution >= 4 is 26.4 Å². The molecule has 3 aromatic rings. The van der Waals surface area contributed by atoms with Gasteiger partial charge in [0.25, 0.3) is 0 Å². The normalized spacial score (nSPS) is 11.9. The van der Waals surface area contributed by atoms with E-state index in [2.05, 4.69) is 4.98 Å². The Morgan fingerprint density at radius 1 is 1.25 bits per heavy atom. The molecule has 7 heteroatoms.